The van der Waals surface area contributed by atoms with E-state index in [4.69, 9.17) is 14.5 Å². The number of carbonyl (C=O) groups is 1. The van der Waals surface area contributed by atoms with Crippen molar-refractivity contribution in [2.45, 2.75) is 20.8 Å². The molecular formula is C31H35N3O3. The van der Waals surface area contributed by atoms with E-state index >= 15 is 0 Å². The summed E-state index contributed by atoms with van der Waals surface area (Å²) in [7, 11) is 3.34. The van der Waals surface area contributed by atoms with Crippen LogP contribution in [0.5, 0.6) is 11.5 Å². The Morgan fingerprint density at radius 3 is 2.22 bits per heavy atom. The van der Waals surface area contributed by atoms with E-state index in [9.17, 15) is 4.79 Å². The van der Waals surface area contributed by atoms with Crippen molar-refractivity contribution in [3.05, 3.63) is 83.9 Å². The number of aryl methyl sites for hydroxylation is 1. The third kappa shape index (κ3) is 5.53. The molecule has 5 rings (SSSR count). The van der Waals surface area contributed by atoms with Crippen molar-refractivity contribution < 1.29 is 14.3 Å². The first kappa shape index (κ1) is 26.0. The number of methoxy groups -OCH3 is 2. The first-order valence-electron chi connectivity index (χ1n) is 12.8. The Morgan fingerprint density at radius 1 is 0.838 bits per heavy atom. The first-order valence-corrected chi connectivity index (χ1v) is 12.8. The van der Waals surface area contributed by atoms with Crippen molar-refractivity contribution in [3.63, 3.8) is 0 Å². The molecule has 192 valence electrons. The summed E-state index contributed by atoms with van der Waals surface area (Å²) in [5, 5.41) is 0.873. The van der Waals surface area contributed by atoms with Gasteiger partial charge in [0.05, 0.1) is 31.0 Å². The molecule has 0 aliphatic carbocycles. The van der Waals surface area contributed by atoms with Crippen LogP contribution < -0.4 is 14.4 Å². The van der Waals surface area contributed by atoms with Crippen LogP contribution in [0.25, 0.3) is 22.2 Å². The zero-order valence-electron chi connectivity index (χ0n) is 22.3. The Hall–Kier alpha value is -4.06. The molecule has 37 heavy (non-hydrogen) atoms. The molecule has 3 aromatic carbocycles. The van der Waals surface area contributed by atoms with E-state index in [2.05, 4.69) is 17.0 Å². The minimum absolute atomic E-state index is 0.0401. The summed E-state index contributed by atoms with van der Waals surface area (Å²) in [5.41, 5.74) is 5.39. The summed E-state index contributed by atoms with van der Waals surface area (Å²) in [6.45, 7) is 8.90. The highest BCUT2D eigenvalue weighted by atomic mass is 16.5. The van der Waals surface area contributed by atoms with E-state index in [0.29, 0.717) is 18.7 Å². The molecule has 0 N–H and O–H groups in total. The number of carbonyl (C=O) groups excluding carboxylic acids is 1. The van der Waals surface area contributed by atoms with Crippen molar-refractivity contribution in [2.75, 3.05) is 45.3 Å². The monoisotopic (exact) mass is 497 g/mol. The summed E-state index contributed by atoms with van der Waals surface area (Å²) >= 11 is 0. The Balaban J connectivity index is 0.00000156. The number of hydrogen-bond acceptors (Lipinski definition) is 5. The molecule has 6 nitrogen and oxygen atoms in total. The van der Waals surface area contributed by atoms with E-state index in [0.717, 1.165) is 58.0 Å². The van der Waals surface area contributed by atoms with Crippen molar-refractivity contribution in [1.82, 2.24) is 9.88 Å². The molecule has 6 heteroatoms. The molecule has 1 aliphatic heterocycles. The number of benzene rings is 3. The Labute approximate surface area is 219 Å². The molecule has 1 aliphatic rings. The number of ether oxygens (including phenoxy) is 2. The lowest BCUT2D eigenvalue weighted by Crippen LogP contribution is -2.48. The van der Waals surface area contributed by atoms with Crippen molar-refractivity contribution in [2.24, 2.45) is 0 Å². The third-order valence-corrected chi connectivity index (χ3v) is 6.65. The minimum atomic E-state index is 0.0401. The van der Waals surface area contributed by atoms with Crippen molar-refractivity contribution in [1.29, 1.82) is 0 Å². The predicted octanol–water partition coefficient (Wildman–Crippen LogP) is 6.22. The molecule has 4 aromatic rings. The third-order valence-electron chi connectivity index (χ3n) is 6.65. The summed E-state index contributed by atoms with van der Waals surface area (Å²) in [5.74, 6) is 1.69. The number of amides is 1. The highest BCUT2D eigenvalue weighted by Gasteiger charge is 2.24. The average molecular weight is 498 g/mol. The second kappa shape index (κ2) is 11.8. The number of nitrogens with zero attached hydrogens (tertiary/aromatic N) is 3. The van der Waals surface area contributed by atoms with Gasteiger partial charge in [0.15, 0.2) is 0 Å². The van der Waals surface area contributed by atoms with Crippen LogP contribution in [-0.4, -0.2) is 56.2 Å². The maximum absolute atomic E-state index is 13.7. The number of para-hydroxylation sites is 1. The van der Waals surface area contributed by atoms with Gasteiger partial charge in [0.2, 0.25) is 0 Å². The number of aromatic nitrogens is 1. The molecule has 1 aromatic heterocycles. The number of fused-ring (bicyclic) bond motifs is 1. The van der Waals surface area contributed by atoms with Crippen LogP contribution in [0.3, 0.4) is 0 Å². The van der Waals surface area contributed by atoms with E-state index in [1.54, 1.807) is 14.2 Å². The lowest BCUT2D eigenvalue weighted by atomic mass is 10.0. The Morgan fingerprint density at radius 2 is 1.54 bits per heavy atom. The summed E-state index contributed by atoms with van der Waals surface area (Å²) in [6, 6.07) is 23.9. The number of piperazine rings is 1. The summed E-state index contributed by atoms with van der Waals surface area (Å²) < 4.78 is 10.8. The van der Waals surface area contributed by atoms with Gasteiger partial charge in [-0.05, 0) is 55.0 Å². The highest BCUT2D eigenvalue weighted by molar-refractivity contribution is 6.07. The normalized spacial score (nSPS) is 13.1. The SMILES string of the molecule is CC.COc1ccc(N2CCN(C(=O)c3cc(-c4ccc(C)c(OC)c4)nc4ccccc34)CC2)cc1. The van der Waals surface area contributed by atoms with Crippen LogP contribution in [0.4, 0.5) is 5.69 Å². The molecule has 0 radical (unpaired) electrons. The van der Waals surface area contributed by atoms with Gasteiger partial charge in [0, 0.05) is 42.8 Å². The maximum Gasteiger partial charge on any atom is 0.254 e. The van der Waals surface area contributed by atoms with E-state index in [1.807, 2.05) is 86.3 Å². The molecular weight excluding hydrogens is 462 g/mol. The van der Waals surface area contributed by atoms with Gasteiger partial charge in [0.1, 0.15) is 11.5 Å². The second-order valence-electron chi connectivity index (χ2n) is 8.73. The van der Waals surface area contributed by atoms with Crippen LogP contribution in [0, 0.1) is 6.92 Å². The quantitative estimate of drug-likeness (QED) is 0.328. The number of rotatable bonds is 5. The van der Waals surface area contributed by atoms with Gasteiger partial charge < -0.3 is 19.3 Å². The van der Waals surface area contributed by atoms with Crippen LogP contribution in [-0.2, 0) is 0 Å². The first-order chi connectivity index (χ1) is 18.1. The van der Waals surface area contributed by atoms with Crippen LogP contribution >= 0.6 is 0 Å². The number of anilines is 1. The summed E-state index contributed by atoms with van der Waals surface area (Å²) in [4.78, 5) is 22.8. The number of hydrogen-bond donors (Lipinski definition) is 0. The molecule has 1 fully saturated rings. The van der Waals surface area contributed by atoms with Gasteiger partial charge in [0.25, 0.3) is 5.91 Å². The smallest absolute Gasteiger partial charge is 0.254 e. The predicted molar refractivity (Wildman–Crippen MR) is 151 cm³/mol. The van der Waals surface area contributed by atoms with Crippen molar-refractivity contribution in [3.8, 4) is 22.8 Å². The molecule has 0 bridgehead atoms. The van der Waals surface area contributed by atoms with E-state index in [-0.39, 0.29) is 5.91 Å². The molecule has 2 heterocycles. The molecule has 0 saturated carbocycles. The lowest BCUT2D eigenvalue weighted by Gasteiger charge is -2.36. The van der Waals surface area contributed by atoms with Crippen LogP contribution in [0.2, 0.25) is 0 Å². The zero-order valence-corrected chi connectivity index (χ0v) is 22.3. The van der Waals surface area contributed by atoms with Gasteiger partial charge in [-0.3, -0.25) is 4.79 Å². The van der Waals surface area contributed by atoms with Gasteiger partial charge in [-0.25, -0.2) is 4.98 Å². The molecule has 0 atom stereocenters. The lowest BCUT2D eigenvalue weighted by molar-refractivity contribution is 0.0748. The van der Waals surface area contributed by atoms with Gasteiger partial charge in [-0.2, -0.15) is 0 Å². The fourth-order valence-electron chi connectivity index (χ4n) is 4.61. The van der Waals surface area contributed by atoms with Gasteiger partial charge in [-0.15, -0.1) is 0 Å². The maximum atomic E-state index is 13.7. The van der Waals surface area contributed by atoms with E-state index < -0.39 is 0 Å². The van der Waals surface area contributed by atoms with Crippen LogP contribution in [0.1, 0.15) is 29.8 Å². The van der Waals surface area contributed by atoms with Crippen LogP contribution in [0.15, 0.2) is 72.8 Å². The zero-order chi connectivity index (χ0) is 26.4. The fraction of sp³-hybridized carbons (Fsp3) is 0.290. The Bertz CT molecular complexity index is 1360. The summed E-state index contributed by atoms with van der Waals surface area (Å²) in [6.07, 6.45) is 0. The largest absolute Gasteiger partial charge is 0.497 e. The van der Waals surface area contributed by atoms with Crippen molar-refractivity contribution >= 4 is 22.5 Å². The standard InChI is InChI=1S/C29H29N3O3.C2H6/c1-20-8-9-21(18-28(20)35-3)27-19-25(24-6-4-5-7-26(24)30-27)29(33)32-16-14-31(15-17-32)22-10-12-23(34-2)13-11-22;1-2/h4-13,18-19H,14-17H2,1-3H3;1-2H3. The molecule has 0 spiro atoms. The molecule has 0 unspecified atom stereocenters. The van der Waals surface area contributed by atoms with Gasteiger partial charge in [-0.1, -0.05) is 44.2 Å². The highest BCUT2D eigenvalue weighted by Crippen LogP contribution is 2.30. The van der Waals surface area contributed by atoms with E-state index in [1.165, 1.54) is 0 Å². The number of pyridine rings is 1. The second-order valence-corrected chi connectivity index (χ2v) is 8.73. The van der Waals surface area contributed by atoms with Gasteiger partial charge >= 0.3 is 0 Å². The Kier molecular flexibility index (Phi) is 8.29. The fourth-order valence-corrected chi connectivity index (χ4v) is 4.61. The average Bonchev–Trinajstić information content (AvgIpc) is 2.97. The topological polar surface area (TPSA) is 54.9 Å². The molecule has 1 amide bonds. The molecule has 1 saturated heterocycles. The minimum Gasteiger partial charge on any atom is -0.497 e.